The van der Waals surface area contributed by atoms with Gasteiger partial charge in [-0.05, 0) is 54.6 Å². The average molecular weight is 457 g/mol. The number of carbonyl (C=O) groups excluding carboxylic acids is 1. The van der Waals surface area contributed by atoms with Gasteiger partial charge in [0.2, 0.25) is 0 Å². The Morgan fingerprint density at radius 1 is 1.32 bits per heavy atom. The Morgan fingerprint density at radius 3 is 2.84 bits per heavy atom. The lowest BCUT2D eigenvalue weighted by molar-refractivity contribution is -0.141. The molecule has 0 unspecified atom stereocenters. The van der Waals surface area contributed by atoms with Crippen molar-refractivity contribution < 1.29 is 19.0 Å². The first-order chi connectivity index (χ1) is 12.0. The molecule has 1 heterocycles. The van der Waals surface area contributed by atoms with Gasteiger partial charge in [-0.2, -0.15) is 0 Å². The first-order valence-corrected chi connectivity index (χ1v) is 8.78. The fraction of sp³-hybridized carbons (Fsp3) is 0.353. The van der Waals surface area contributed by atoms with E-state index in [1.165, 1.54) is 23.3 Å². The topological polar surface area (TPSA) is 75.5 Å². The molecule has 0 saturated heterocycles. The lowest BCUT2D eigenvalue weighted by Gasteiger charge is -2.07. The molecule has 25 heavy (non-hydrogen) atoms. The second kappa shape index (κ2) is 9.52. The second-order valence-electron chi connectivity index (χ2n) is 5.37. The highest BCUT2D eigenvalue weighted by atomic mass is 127. The quantitative estimate of drug-likeness (QED) is 0.263. The van der Waals surface area contributed by atoms with Crippen LogP contribution in [0.2, 0.25) is 0 Å². The second-order valence-corrected chi connectivity index (χ2v) is 6.61. The van der Waals surface area contributed by atoms with Crippen molar-refractivity contribution in [3.63, 3.8) is 0 Å². The number of carbonyl (C=O) groups is 1. The van der Waals surface area contributed by atoms with Crippen molar-refractivity contribution in [2.45, 2.75) is 20.0 Å². The third-order valence-corrected chi connectivity index (χ3v) is 3.53. The molecular weight excluding hydrogens is 437 g/mol. The molecule has 2 aromatic rings. The number of benzene rings is 1. The number of halogens is 1. The van der Waals surface area contributed by atoms with Gasteiger partial charge in [0.05, 0.1) is 12.7 Å². The van der Waals surface area contributed by atoms with Crippen molar-refractivity contribution in [3.8, 4) is 17.1 Å². The monoisotopic (exact) mass is 457 g/mol. The molecule has 134 valence electrons. The van der Waals surface area contributed by atoms with Crippen LogP contribution >= 0.6 is 22.6 Å². The van der Waals surface area contributed by atoms with E-state index in [9.17, 15) is 4.79 Å². The number of esters is 1. The van der Waals surface area contributed by atoms with E-state index >= 15 is 0 Å². The van der Waals surface area contributed by atoms with Crippen LogP contribution in [-0.4, -0.2) is 47.2 Å². The normalized spacial score (nSPS) is 11.2. The maximum Gasteiger partial charge on any atom is 0.332 e. The summed E-state index contributed by atoms with van der Waals surface area (Å²) in [7, 11) is 1.63. The van der Waals surface area contributed by atoms with Crippen LogP contribution in [0.4, 0.5) is 0 Å². The van der Waals surface area contributed by atoms with E-state index in [4.69, 9.17) is 14.2 Å². The Bertz CT molecular complexity index is 743. The minimum Gasteiger partial charge on any atom is -0.491 e. The number of ether oxygens (including phenoxy) is 3. The van der Waals surface area contributed by atoms with E-state index in [0.29, 0.717) is 19.0 Å². The average Bonchev–Trinajstić information content (AvgIpc) is 3.01. The first kappa shape index (κ1) is 19.4. The van der Waals surface area contributed by atoms with Gasteiger partial charge < -0.3 is 14.2 Å². The maximum atomic E-state index is 11.5. The van der Waals surface area contributed by atoms with Crippen molar-refractivity contribution in [2.75, 3.05) is 20.3 Å². The van der Waals surface area contributed by atoms with E-state index in [0.717, 1.165) is 14.9 Å². The lowest BCUT2D eigenvalue weighted by Crippen LogP contribution is -2.08. The number of aromatic nitrogens is 3. The number of nitrogens with zero attached hydrogens (tertiary/aromatic N) is 3. The van der Waals surface area contributed by atoms with Gasteiger partial charge in [0.25, 0.3) is 0 Å². The standard InChI is InChI=1S/C17H20IN3O4/c1-12(2)25-16(22)4-5-21-11-19-17(20-21)13-8-14(18)10-15(9-13)24-7-6-23-3/h4-5,8-12H,6-7H2,1-3H3/b5-4-. The predicted octanol–water partition coefficient (Wildman–Crippen LogP) is 3.00. The molecular formula is C17H20IN3O4. The molecule has 0 saturated carbocycles. The number of rotatable bonds is 8. The Labute approximate surface area is 160 Å². The van der Waals surface area contributed by atoms with Gasteiger partial charge in [0, 0.05) is 28.5 Å². The molecule has 0 aliphatic heterocycles. The fourth-order valence-electron chi connectivity index (χ4n) is 1.91. The zero-order valence-electron chi connectivity index (χ0n) is 14.3. The summed E-state index contributed by atoms with van der Waals surface area (Å²) in [6.45, 7) is 4.58. The van der Waals surface area contributed by atoms with Crippen molar-refractivity contribution in [1.82, 2.24) is 14.8 Å². The van der Waals surface area contributed by atoms with Crippen molar-refractivity contribution >= 4 is 34.8 Å². The summed E-state index contributed by atoms with van der Waals surface area (Å²) in [5, 5.41) is 4.34. The van der Waals surface area contributed by atoms with Crippen molar-refractivity contribution in [2.24, 2.45) is 0 Å². The highest BCUT2D eigenvalue weighted by molar-refractivity contribution is 14.1. The van der Waals surface area contributed by atoms with E-state index in [1.54, 1.807) is 21.0 Å². The van der Waals surface area contributed by atoms with Gasteiger partial charge in [-0.1, -0.05) is 0 Å². The first-order valence-electron chi connectivity index (χ1n) is 7.70. The predicted molar refractivity (Wildman–Crippen MR) is 102 cm³/mol. The Kier molecular flexibility index (Phi) is 7.38. The fourth-order valence-corrected chi connectivity index (χ4v) is 2.55. The van der Waals surface area contributed by atoms with Crippen molar-refractivity contribution in [1.29, 1.82) is 0 Å². The van der Waals surface area contributed by atoms with Crippen LogP contribution in [0.3, 0.4) is 0 Å². The number of hydrogen-bond donors (Lipinski definition) is 0. The van der Waals surface area contributed by atoms with Gasteiger partial charge in [0.1, 0.15) is 18.7 Å². The third-order valence-electron chi connectivity index (χ3n) is 2.91. The van der Waals surface area contributed by atoms with Crippen LogP contribution in [0.25, 0.3) is 17.6 Å². The molecule has 1 aromatic carbocycles. The summed E-state index contributed by atoms with van der Waals surface area (Å²) in [5.41, 5.74) is 0.830. The highest BCUT2D eigenvalue weighted by Crippen LogP contribution is 2.24. The molecule has 0 amide bonds. The number of hydrogen-bond acceptors (Lipinski definition) is 6. The minimum atomic E-state index is -0.421. The molecule has 7 nitrogen and oxygen atoms in total. The van der Waals surface area contributed by atoms with Gasteiger partial charge in [-0.15, -0.1) is 5.10 Å². The van der Waals surface area contributed by atoms with Crippen LogP contribution in [-0.2, 0) is 14.3 Å². The lowest BCUT2D eigenvalue weighted by atomic mass is 10.2. The smallest absolute Gasteiger partial charge is 0.332 e. The van der Waals surface area contributed by atoms with Crippen LogP contribution in [0, 0.1) is 3.57 Å². The molecule has 2 rings (SSSR count). The van der Waals surface area contributed by atoms with E-state index < -0.39 is 5.97 Å². The molecule has 0 aliphatic rings. The third kappa shape index (κ3) is 6.46. The largest absolute Gasteiger partial charge is 0.491 e. The minimum absolute atomic E-state index is 0.161. The Balaban J connectivity index is 2.10. The molecule has 0 N–H and O–H groups in total. The van der Waals surface area contributed by atoms with Crippen LogP contribution in [0.1, 0.15) is 13.8 Å². The van der Waals surface area contributed by atoms with Crippen LogP contribution in [0.5, 0.6) is 5.75 Å². The summed E-state index contributed by atoms with van der Waals surface area (Å²) in [6.07, 6.45) is 4.18. The van der Waals surface area contributed by atoms with Gasteiger partial charge in [0.15, 0.2) is 5.82 Å². The number of methoxy groups -OCH3 is 1. The van der Waals surface area contributed by atoms with E-state index in [2.05, 4.69) is 32.7 Å². The summed E-state index contributed by atoms with van der Waals surface area (Å²) in [4.78, 5) is 15.8. The molecule has 0 radical (unpaired) electrons. The molecule has 0 spiro atoms. The maximum absolute atomic E-state index is 11.5. The molecule has 1 aromatic heterocycles. The van der Waals surface area contributed by atoms with Gasteiger partial charge in [-0.3, -0.25) is 0 Å². The van der Waals surface area contributed by atoms with E-state index in [1.807, 2.05) is 18.2 Å². The molecule has 0 bridgehead atoms. The Morgan fingerprint density at radius 2 is 2.12 bits per heavy atom. The van der Waals surface area contributed by atoms with Crippen LogP contribution < -0.4 is 4.74 Å². The SMILES string of the molecule is COCCOc1cc(I)cc(-c2ncn(/C=C\C(=O)OC(C)C)n2)c1. The van der Waals surface area contributed by atoms with Crippen LogP contribution in [0.15, 0.2) is 30.6 Å². The summed E-state index contributed by atoms with van der Waals surface area (Å²) < 4.78 is 18.1. The summed E-state index contributed by atoms with van der Waals surface area (Å²) >= 11 is 2.21. The highest BCUT2D eigenvalue weighted by Gasteiger charge is 2.08. The summed E-state index contributed by atoms with van der Waals surface area (Å²) in [5.74, 6) is 0.846. The zero-order chi connectivity index (χ0) is 18.2. The van der Waals surface area contributed by atoms with Crippen molar-refractivity contribution in [3.05, 3.63) is 34.2 Å². The van der Waals surface area contributed by atoms with Gasteiger partial charge >= 0.3 is 5.97 Å². The Hall–Kier alpha value is -1.94. The summed E-state index contributed by atoms with van der Waals surface area (Å²) in [6, 6.07) is 5.76. The molecule has 0 aliphatic carbocycles. The zero-order valence-corrected chi connectivity index (χ0v) is 16.5. The molecule has 0 fully saturated rings. The molecule has 8 heteroatoms. The molecule has 0 atom stereocenters. The van der Waals surface area contributed by atoms with E-state index in [-0.39, 0.29) is 6.10 Å². The van der Waals surface area contributed by atoms with Gasteiger partial charge in [-0.25, -0.2) is 14.5 Å².